The summed E-state index contributed by atoms with van der Waals surface area (Å²) in [5.74, 6) is -1.22. The highest BCUT2D eigenvalue weighted by atomic mass is 35.5. The van der Waals surface area contributed by atoms with Crippen molar-refractivity contribution >= 4 is 29.1 Å². The lowest BCUT2D eigenvalue weighted by molar-refractivity contribution is -0.124. The van der Waals surface area contributed by atoms with Gasteiger partial charge < -0.3 is 25.4 Å². The number of benzene rings is 2. The molecule has 0 saturated carbocycles. The number of hydrogen-bond acceptors (Lipinski definition) is 5. The van der Waals surface area contributed by atoms with Crippen LogP contribution in [0.15, 0.2) is 42.5 Å². The molecule has 3 rings (SSSR count). The van der Waals surface area contributed by atoms with Crippen LogP contribution in [0.2, 0.25) is 5.02 Å². The van der Waals surface area contributed by atoms with E-state index in [0.717, 1.165) is 6.07 Å². The number of rotatable bonds is 8. The van der Waals surface area contributed by atoms with Gasteiger partial charge in [0.1, 0.15) is 17.3 Å². The van der Waals surface area contributed by atoms with Crippen molar-refractivity contribution in [3.8, 4) is 11.5 Å². The van der Waals surface area contributed by atoms with E-state index in [-0.39, 0.29) is 41.0 Å². The van der Waals surface area contributed by atoms with E-state index in [4.69, 9.17) is 16.3 Å². The van der Waals surface area contributed by atoms with Gasteiger partial charge >= 0.3 is 6.61 Å². The molecule has 1 aliphatic heterocycles. The molecule has 1 heterocycles. The van der Waals surface area contributed by atoms with Gasteiger partial charge in [0, 0.05) is 30.4 Å². The Kier molecular flexibility index (Phi) is 8.18. The Hall–Kier alpha value is -2.98. The Morgan fingerprint density at radius 2 is 1.97 bits per heavy atom. The fourth-order valence-corrected chi connectivity index (χ4v) is 3.29. The summed E-state index contributed by atoms with van der Waals surface area (Å²) in [5.41, 5.74) is 0.334. The van der Waals surface area contributed by atoms with Crippen molar-refractivity contribution in [2.24, 2.45) is 0 Å². The Bertz CT molecular complexity index is 956. The van der Waals surface area contributed by atoms with E-state index in [1.165, 1.54) is 30.3 Å². The van der Waals surface area contributed by atoms with Crippen molar-refractivity contribution in [3.63, 3.8) is 0 Å². The first-order chi connectivity index (χ1) is 15.3. The molecule has 0 bridgehead atoms. The Morgan fingerprint density at radius 3 is 2.66 bits per heavy atom. The van der Waals surface area contributed by atoms with Gasteiger partial charge in [-0.15, -0.1) is 0 Å². The minimum absolute atomic E-state index is 0.0390. The van der Waals surface area contributed by atoms with Gasteiger partial charge in [0.05, 0.1) is 11.1 Å². The van der Waals surface area contributed by atoms with Crippen LogP contribution in [0.25, 0.3) is 0 Å². The molecule has 3 N–H and O–H groups in total. The summed E-state index contributed by atoms with van der Waals surface area (Å²) in [5, 5.41) is 8.45. The van der Waals surface area contributed by atoms with Crippen molar-refractivity contribution in [2.75, 3.05) is 18.5 Å². The van der Waals surface area contributed by atoms with Gasteiger partial charge in [-0.05, 0) is 37.1 Å². The third-order valence-electron chi connectivity index (χ3n) is 4.68. The third-order valence-corrected chi connectivity index (χ3v) is 4.99. The van der Waals surface area contributed by atoms with E-state index < -0.39 is 18.5 Å². The molecule has 2 aromatic rings. The predicted octanol–water partition coefficient (Wildman–Crippen LogP) is 3.33. The van der Waals surface area contributed by atoms with Gasteiger partial charge in [-0.1, -0.05) is 17.7 Å². The van der Waals surface area contributed by atoms with Crippen molar-refractivity contribution < 1.29 is 32.2 Å². The lowest BCUT2D eigenvalue weighted by atomic mass is 10.00. The summed E-state index contributed by atoms with van der Waals surface area (Å²) in [6.45, 7) is -2.89. The van der Waals surface area contributed by atoms with E-state index in [2.05, 4.69) is 20.7 Å². The summed E-state index contributed by atoms with van der Waals surface area (Å²) in [6, 6.07) is 8.90. The summed E-state index contributed by atoms with van der Waals surface area (Å²) >= 11 is 5.60. The summed E-state index contributed by atoms with van der Waals surface area (Å²) in [7, 11) is 0. The van der Waals surface area contributed by atoms with Crippen LogP contribution in [0.3, 0.4) is 0 Å². The first kappa shape index (κ1) is 23.7. The van der Waals surface area contributed by atoms with Crippen LogP contribution in [-0.2, 0) is 9.59 Å². The average molecular weight is 472 g/mol. The molecule has 0 spiro atoms. The lowest BCUT2D eigenvalue weighted by Gasteiger charge is -2.29. The molecule has 32 heavy (non-hydrogen) atoms. The molecular formula is C21H21ClF3N3O4. The van der Waals surface area contributed by atoms with E-state index in [1.54, 1.807) is 6.07 Å². The van der Waals surface area contributed by atoms with Crippen LogP contribution in [-0.4, -0.2) is 43.7 Å². The standard InChI is InChI=1S/C21H21ClF3N3O4/c22-16-6-5-14(9-17(16)23)31-11-19(29)27-13-4-7-18(26-10-13)20(30)28-12-2-1-3-15(8-12)32-21(24)25/h1-3,5-6,8-9,13,18,21,26H,4,7,10-11H2,(H,27,29)(H,28,30). The predicted molar refractivity (Wildman–Crippen MR) is 112 cm³/mol. The fourth-order valence-electron chi connectivity index (χ4n) is 3.17. The van der Waals surface area contributed by atoms with E-state index in [9.17, 15) is 22.8 Å². The Labute approximate surface area is 187 Å². The fraction of sp³-hybridized carbons (Fsp3) is 0.333. The largest absolute Gasteiger partial charge is 0.484 e. The normalized spacial score (nSPS) is 18.2. The van der Waals surface area contributed by atoms with Gasteiger partial charge in [-0.3, -0.25) is 9.59 Å². The van der Waals surface area contributed by atoms with E-state index in [1.807, 2.05) is 0 Å². The van der Waals surface area contributed by atoms with Crippen molar-refractivity contribution in [1.82, 2.24) is 10.6 Å². The molecular weight excluding hydrogens is 451 g/mol. The van der Waals surface area contributed by atoms with Gasteiger partial charge in [-0.25, -0.2) is 4.39 Å². The number of alkyl halides is 2. The van der Waals surface area contributed by atoms with Gasteiger partial charge in [0.15, 0.2) is 6.61 Å². The molecule has 172 valence electrons. The topological polar surface area (TPSA) is 88.7 Å². The Morgan fingerprint density at radius 1 is 1.16 bits per heavy atom. The third kappa shape index (κ3) is 7.03. The molecule has 2 atom stereocenters. The number of nitrogens with one attached hydrogen (secondary N) is 3. The number of ether oxygens (including phenoxy) is 2. The SMILES string of the molecule is O=C(COc1ccc(Cl)c(F)c1)NC1CCC(C(=O)Nc2cccc(OC(F)F)c2)NC1. The zero-order valence-electron chi connectivity index (χ0n) is 16.7. The molecule has 2 amide bonds. The maximum absolute atomic E-state index is 13.4. The molecule has 1 saturated heterocycles. The maximum atomic E-state index is 13.4. The second-order valence-corrected chi connectivity index (χ2v) is 7.47. The van der Waals surface area contributed by atoms with Gasteiger partial charge in [0.2, 0.25) is 5.91 Å². The first-order valence-corrected chi connectivity index (χ1v) is 10.1. The molecule has 11 heteroatoms. The summed E-state index contributed by atoms with van der Waals surface area (Å²) in [4.78, 5) is 24.5. The number of piperidine rings is 1. The van der Waals surface area contributed by atoms with Crippen LogP contribution in [0.4, 0.5) is 18.9 Å². The number of anilines is 1. The molecule has 2 aromatic carbocycles. The highest BCUT2D eigenvalue weighted by Crippen LogP contribution is 2.21. The number of carbonyl (C=O) groups excluding carboxylic acids is 2. The maximum Gasteiger partial charge on any atom is 0.387 e. The molecule has 0 aromatic heterocycles. The van der Waals surface area contributed by atoms with Crippen molar-refractivity contribution in [3.05, 3.63) is 53.3 Å². The number of carbonyl (C=O) groups is 2. The molecule has 2 unspecified atom stereocenters. The number of hydrogen-bond donors (Lipinski definition) is 3. The highest BCUT2D eigenvalue weighted by Gasteiger charge is 2.26. The smallest absolute Gasteiger partial charge is 0.387 e. The summed E-state index contributed by atoms with van der Waals surface area (Å²) in [6.07, 6.45) is 0.994. The lowest BCUT2D eigenvalue weighted by Crippen LogP contribution is -2.53. The molecule has 0 radical (unpaired) electrons. The quantitative estimate of drug-likeness (QED) is 0.549. The van der Waals surface area contributed by atoms with Gasteiger partial charge in [0.25, 0.3) is 5.91 Å². The zero-order valence-corrected chi connectivity index (χ0v) is 17.5. The monoisotopic (exact) mass is 471 g/mol. The first-order valence-electron chi connectivity index (χ1n) is 9.76. The molecule has 7 nitrogen and oxygen atoms in total. The number of amides is 2. The van der Waals surface area contributed by atoms with Crippen LogP contribution in [0.5, 0.6) is 11.5 Å². The zero-order chi connectivity index (χ0) is 23.1. The van der Waals surface area contributed by atoms with Crippen molar-refractivity contribution in [2.45, 2.75) is 31.5 Å². The van der Waals surface area contributed by atoms with E-state index in [0.29, 0.717) is 25.1 Å². The second kappa shape index (κ2) is 11.1. The second-order valence-electron chi connectivity index (χ2n) is 7.06. The number of halogens is 4. The highest BCUT2D eigenvalue weighted by molar-refractivity contribution is 6.30. The van der Waals surface area contributed by atoms with Crippen molar-refractivity contribution in [1.29, 1.82) is 0 Å². The summed E-state index contributed by atoms with van der Waals surface area (Å²) < 4.78 is 47.6. The minimum Gasteiger partial charge on any atom is -0.484 e. The molecule has 1 aliphatic rings. The molecule has 1 fully saturated rings. The van der Waals surface area contributed by atoms with Gasteiger partial charge in [-0.2, -0.15) is 8.78 Å². The average Bonchev–Trinajstić information content (AvgIpc) is 2.75. The van der Waals surface area contributed by atoms with E-state index >= 15 is 0 Å². The van der Waals surface area contributed by atoms with Crippen LogP contribution < -0.4 is 25.4 Å². The Balaban J connectivity index is 1.41. The minimum atomic E-state index is -2.95. The van der Waals surface area contributed by atoms with Crippen LogP contribution >= 0.6 is 11.6 Å². The van der Waals surface area contributed by atoms with Crippen LogP contribution in [0, 0.1) is 5.82 Å². The molecule has 0 aliphatic carbocycles. The van der Waals surface area contributed by atoms with Crippen LogP contribution in [0.1, 0.15) is 12.8 Å².